The number of nitrogens with zero attached hydrogens (tertiary/aromatic N) is 2. The van der Waals surface area contributed by atoms with Crippen LogP contribution in [-0.4, -0.2) is 38.8 Å². The highest BCUT2D eigenvalue weighted by Gasteiger charge is 2.22. The first-order chi connectivity index (χ1) is 11.6. The van der Waals surface area contributed by atoms with E-state index < -0.39 is 11.2 Å². The average Bonchev–Trinajstić information content (AvgIpc) is 2.80. The van der Waals surface area contributed by atoms with E-state index in [0.29, 0.717) is 11.5 Å². The van der Waals surface area contributed by atoms with Gasteiger partial charge in [0, 0.05) is 19.3 Å². The number of pyridine rings is 1. The number of likely N-dealkylation sites (tertiary alicyclic amines) is 1. The second-order valence-electron chi connectivity index (χ2n) is 6.41. The predicted molar refractivity (Wildman–Crippen MR) is 91.1 cm³/mol. The Morgan fingerprint density at radius 3 is 2.92 bits per heavy atom. The lowest BCUT2D eigenvalue weighted by molar-refractivity contribution is 0.0759. The third kappa shape index (κ3) is 3.39. The van der Waals surface area contributed by atoms with Crippen molar-refractivity contribution in [3.8, 4) is 0 Å². The zero-order valence-electron chi connectivity index (χ0n) is 13.8. The van der Waals surface area contributed by atoms with E-state index in [2.05, 4.69) is 21.9 Å². The molecule has 1 amide bonds. The second-order valence-corrected chi connectivity index (χ2v) is 6.41. The maximum absolute atomic E-state index is 12.7. The third-order valence-corrected chi connectivity index (χ3v) is 4.67. The molecule has 2 aromatic rings. The molecule has 3 heterocycles. The Morgan fingerprint density at radius 2 is 2.12 bits per heavy atom. The second kappa shape index (κ2) is 6.98. The molecule has 0 aromatic carbocycles. The molecule has 1 atom stereocenters. The minimum Gasteiger partial charge on any atom is -0.339 e. The molecule has 0 bridgehead atoms. The van der Waals surface area contributed by atoms with Crippen LogP contribution in [0, 0.1) is 5.92 Å². The molecular weight excluding hydrogens is 308 g/mol. The molecule has 2 N–H and O–H groups in total. The molecule has 24 heavy (non-hydrogen) atoms. The number of rotatable bonds is 3. The normalized spacial score (nSPS) is 18.5. The van der Waals surface area contributed by atoms with Gasteiger partial charge in [-0.2, -0.15) is 0 Å². The minimum absolute atomic E-state index is 0.104. The monoisotopic (exact) mass is 330 g/mol. The van der Waals surface area contributed by atoms with Crippen LogP contribution >= 0.6 is 0 Å². The number of hydrogen-bond acceptors (Lipinski definition) is 4. The molecule has 0 spiro atoms. The van der Waals surface area contributed by atoms with Crippen molar-refractivity contribution in [3.05, 3.63) is 38.7 Å². The lowest BCUT2D eigenvalue weighted by atomic mass is 9.96. The summed E-state index contributed by atoms with van der Waals surface area (Å²) in [4.78, 5) is 46.4. The highest BCUT2D eigenvalue weighted by Crippen LogP contribution is 2.23. The van der Waals surface area contributed by atoms with Crippen LogP contribution < -0.4 is 11.2 Å². The van der Waals surface area contributed by atoms with Gasteiger partial charge in [-0.25, -0.2) is 9.78 Å². The van der Waals surface area contributed by atoms with Crippen molar-refractivity contribution in [2.45, 2.75) is 39.0 Å². The van der Waals surface area contributed by atoms with E-state index in [-0.39, 0.29) is 16.9 Å². The van der Waals surface area contributed by atoms with E-state index in [9.17, 15) is 14.4 Å². The van der Waals surface area contributed by atoms with Gasteiger partial charge >= 0.3 is 5.69 Å². The van der Waals surface area contributed by atoms with Gasteiger partial charge in [-0.15, -0.1) is 0 Å². The van der Waals surface area contributed by atoms with Crippen molar-refractivity contribution in [1.82, 2.24) is 19.9 Å². The first kappa shape index (κ1) is 16.4. The van der Waals surface area contributed by atoms with Crippen molar-refractivity contribution < 1.29 is 4.79 Å². The van der Waals surface area contributed by atoms with E-state index >= 15 is 0 Å². The summed E-state index contributed by atoms with van der Waals surface area (Å²) >= 11 is 0. The summed E-state index contributed by atoms with van der Waals surface area (Å²) in [5.41, 5.74) is -0.559. The number of hydrogen-bond donors (Lipinski definition) is 2. The van der Waals surface area contributed by atoms with Crippen LogP contribution in [0.5, 0.6) is 0 Å². The number of amides is 1. The zero-order valence-corrected chi connectivity index (χ0v) is 13.8. The number of fused-ring (bicyclic) bond motifs is 1. The minimum atomic E-state index is -0.603. The maximum Gasteiger partial charge on any atom is 0.327 e. The van der Waals surface area contributed by atoms with Gasteiger partial charge in [0.2, 0.25) is 0 Å². The van der Waals surface area contributed by atoms with Crippen LogP contribution in [0.1, 0.15) is 49.4 Å². The zero-order chi connectivity index (χ0) is 17.1. The number of nitrogens with one attached hydrogen (secondary N) is 2. The molecule has 0 radical (unpaired) electrons. The van der Waals surface area contributed by atoms with Crippen LogP contribution in [-0.2, 0) is 0 Å². The van der Waals surface area contributed by atoms with Gasteiger partial charge in [-0.05, 0) is 31.2 Å². The molecular formula is C17H22N4O3. The van der Waals surface area contributed by atoms with Crippen molar-refractivity contribution >= 4 is 16.9 Å². The summed E-state index contributed by atoms with van der Waals surface area (Å²) < 4.78 is 0. The smallest absolute Gasteiger partial charge is 0.327 e. The molecule has 7 nitrogen and oxygen atoms in total. The van der Waals surface area contributed by atoms with Crippen LogP contribution in [0.3, 0.4) is 0 Å². The first-order valence-electron chi connectivity index (χ1n) is 8.50. The van der Waals surface area contributed by atoms with Gasteiger partial charge in [-0.1, -0.05) is 19.8 Å². The quantitative estimate of drug-likeness (QED) is 0.894. The Hall–Kier alpha value is -2.44. The van der Waals surface area contributed by atoms with E-state index in [1.807, 2.05) is 4.90 Å². The van der Waals surface area contributed by atoms with Gasteiger partial charge in [0.25, 0.3) is 11.5 Å². The average molecular weight is 330 g/mol. The first-order valence-corrected chi connectivity index (χ1v) is 8.50. The molecule has 0 aliphatic carbocycles. The lowest BCUT2D eigenvalue weighted by Crippen LogP contribution is -2.32. The number of aromatic nitrogens is 3. The van der Waals surface area contributed by atoms with Crippen molar-refractivity contribution in [3.63, 3.8) is 0 Å². The topological polar surface area (TPSA) is 98.9 Å². The third-order valence-electron chi connectivity index (χ3n) is 4.67. The molecule has 1 aliphatic rings. The Morgan fingerprint density at radius 1 is 1.29 bits per heavy atom. The molecule has 0 unspecified atom stereocenters. The van der Waals surface area contributed by atoms with Crippen LogP contribution in [0.2, 0.25) is 0 Å². The summed E-state index contributed by atoms with van der Waals surface area (Å²) in [6, 6.07) is 1.51. The van der Waals surface area contributed by atoms with E-state index in [0.717, 1.165) is 32.4 Å². The van der Waals surface area contributed by atoms with Gasteiger partial charge in [0.1, 0.15) is 5.65 Å². The fourth-order valence-corrected chi connectivity index (χ4v) is 3.41. The van der Waals surface area contributed by atoms with Crippen LogP contribution in [0.15, 0.2) is 21.9 Å². The number of carbonyl (C=O) groups is 1. The maximum atomic E-state index is 12.7. The Labute approximate surface area is 139 Å². The molecule has 2 aromatic heterocycles. The van der Waals surface area contributed by atoms with Gasteiger partial charge in [-0.3, -0.25) is 19.6 Å². The van der Waals surface area contributed by atoms with Gasteiger partial charge in [0.05, 0.1) is 10.9 Å². The fraction of sp³-hybridized carbons (Fsp3) is 0.529. The molecule has 7 heteroatoms. The summed E-state index contributed by atoms with van der Waals surface area (Å²) in [5.74, 6) is 0.586. The SMILES string of the molecule is CCC[C@@H]1CCCN(C(=O)c2cnc3[nH]c(=O)[nH]c(=O)c3c2)CC1. The van der Waals surface area contributed by atoms with Gasteiger partial charge in [0.15, 0.2) is 0 Å². The highest BCUT2D eigenvalue weighted by atomic mass is 16.2. The molecule has 1 saturated heterocycles. The van der Waals surface area contributed by atoms with E-state index in [4.69, 9.17) is 0 Å². The molecule has 3 rings (SSSR count). The molecule has 128 valence electrons. The van der Waals surface area contributed by atoms with Gasteiger partial charge < -0.3 is 4.90 Å². The Balaban J connectivity index is 1.83. The number of aromatic amines is 2. The van der Waals surface area contributed by atoms with Crippen molar-refractivity contribution in [2.75, 3.05) is 13.1 Å². The summed E-state index contributed by atoms with van der Waals surface area (Å²) in [6.07, 6.45) is 7.00. The summed E-state index contributed by atoms with van der Waals surface area (Å²) in [5, 5.41) is 0.221. The predicted octanol–water partition coefficient (Wildman–Crippen LogP) is 1.65. The summed E-state index contributed by atoms with van der Waals surface area (Å²) in [6.45, 7) is 3.67. The van der Waals surface area contributed by atoms with Crippen molar-refractivity contribution in [2.24, 2.45) is 5.92 Å². The van der Waals surface area contributed by atoms with E-state index in [1.54, 1.807) is 0 Å². The number of carbonyl (C=O) groups excluding carboxylic acids is 1. The van der Waals surface area contributed by atoms with Crippen LogP contribution in [0.4, 0.5) is 0 Å². The highest BCUT2D eigenvalue weighted by molar-refractivity contribution is 5.96. The summed E-state index contributed by atoms with van der Waals surface area (Å²) in [7, 11) is 0. The Bertz CT molecular complexity index is 855. The standard InChI is InChI=1S/C17H22N4O3/c1-2-4-11-5-3-7-21(8-6-11)16(23)12-9-13-14(18-10-12)19-17(24)20-15(13)22/h9-11H,2-8H2,1H3,(H2,18,19,20,22,24)/t11-/m1/s1. The Kier molecular flexibility index (Phi) is 4.78. The molecule has 1 aliphatic heterocycles. The van der Waals surface area contributed by atoms with E-state index in [1.165, 1.54) is 25.1 Å². The van der Waals surface area contributed by atoms with Crippen molar-refractivity contribution in [1.29, 1.82) is 0 Å². The largest absolute Gasteiger partial charge is 0.339 e. The molecule has 0 saturated carbocycles. The lowest BCUT2D eigenvalue weighted by Gasteiger charge is -2.20. The number of H-pyrrole nitrogens is 2. The van der Waals surface area contributed by atoms with Crippen LogP contribution in [0.25, 0.3) is 11.0 Å². The fourth-order valence-electron chi connectivity index (χ4n) is 3.41. The molecule has 1 fully saturated rings.